The van der Waals surface area contributed by atoms with E-state index in [1.54, 1.807) is 19.2 Å². The number of ether oxygens (including phenoxy) is 3. The summed E-state index contributed by atoms with van der Waals surface area (Å²) in [6, 6.07) is 11.6. The zero-order valence-corrected chi connectivity index (χ0v) is 21.2. The summed E-state index contributed by atoms with van der Waals surface area (Å²) in [6.07, 6.45) is 7.53. The first-order chi connectivity index (χ1) is 17.5. The van der Waals surface area contributed by atoms with Gasteiger partial charge in [-0.2, -0.15) is 0 Å². The number of carboxylic acids is 1. The molecule has 2 N–H and O–H groups in total. The van der Waals surface area contributed by atoms with Crippen LogP contribution in [0.3, 0.4) is 0 Å². The average molecular weight is 493 g/mol. The first-order valence-electron chi connectivity index (χ1n) is 13.0. The number of likely N-dealkylation sites (tertiary alicyclic amines) is 1. The number of hydrogen-bond acceptors (Lipinski definition) is 5. The predicted molar refractivity (Wildman–Crippen MR) is 139 cm³/mol. The summed E-state index contributed by atoms with van der Waals surface area (Å²) in [7, 11) is 1.73. The van der Waals surface area contributed by atoms with E-state index in [4.69, 9.17) is 14.2 Å². The maximum atomic E-state index is 11.4. The largest absolute Gasteiger partial charge is 0.496 e. The van der Waals surface area contributed by atoms with Crippen LogP contribution in [0.15, 0.2) is 42.6 Å². The number of benzene rings is 2. The zero-order valence-electron chi connectivity index (χ0n) is 21.2. The van der Waals surface area contributed by atoms with Crippen LogP contribution < -0.4 is 4.74 Å². The smallest absolute Gasteiger partial charge is 0.335 e. The van der Waals surface area contributed by atoms with Crippen molar-refractivity contribution in [3.8, 4) is 5.75 Å². The minimum atomic E-state index is -0.907. The molecule has 0 radical (unpaired) electrons. The third-order valence-electron chi connectivity index (χ3n) is 7.69. The molecule has 0 aliphatic carbocycles. The maximum absolute atomic E-state index is 11.4. The second-order valence-electron chi connectivity index (χ2n) is 10.0. The SMILES string of the molecule is COc1cc(C)c2[nH]ccc2c1CN1CC[C@H](OCC2CCCCO2)C[C@H]1c1ccc(C(=O)O)cc1. The molecule has 2 fully saturated rings. The number of fused-ring (bicyclic) bond motifs is 1. The van der Waals surface area contributed by atoms with Gasteiger partial charge in [-0.05, 0) is 74.4 Å². The fourth-order valence-electron chi connectivity index (χ4n) is 5.68. The monoisotopic (exact) mass is 492 g/mol. The number of aromatic nitrogens is 1. The fraction of sp³-hybridized carbons (Fsp3) is 0.483. The summed E-state index contributed by atoms with van der Waals surface area (Å²) in [4.78, 5) is 17.3. The fourth-order valence-corrected chi connectivity index (χ4v) is 5.68. The molecule has 0 spiro atoms. The lowest BCUT2D eigenvalue weighted by Gasteiger charge is -2.40. The topological polar surface area (TPSA) is 84.0 Å². The first kappa shape index (κ1) is 24.8. The van der Waals surface area contributed by atoms with Gasteiger partial charge in [0, 0.05) is 48.4 Å². The van der Waals surface area contributed by atoms with Gasteiger partial charge < -0.3 is 24.3 Å². The number of piperidine rings is 1. The normalized spacial score (nSPS) is 23.1. The Morgan fingerprint density at radius 1 is 1.19 bits per heavy atom. The molecular formula is C29H36N2O5. The van der Waals surface area contributed by atoms with Crippen LogP contribution in [-0.4, -0.2) is 60.0 Å². The highest BCUT2D eigenvalue weighted by Crippen LogP contribution is 2.38. The van der Waals surface area contributed by atoms with Crippen molar-refractivity contribution in [1.29, 1.82) is 0 Å². The summed E-state index contributed by atoms with van der Waals surface area (Å²) in [6.45, 7) is 5.19. The number of rotatable bonds is 8. The molecule has 5 rings (SSSR count). The predicted octanol–water partition coefficient (Wildman–Crippen LogP) is 5.47. The molecule has 2 saturated heterocycles. The Morgan fingerprint density at radius 3 is 2.75 bits per heavy atom. The van der Waals surface area contributed by atoms with E-state index < -0.39 is 5.97 Å². The number of aromatic amines is 1. The molecule has 0 bridgehead atoms. The van der Waals surface area contributed by atoms with Crippen molar-refractivity contribution >= 4 is 16.9 Å². The number of carbonyl (C=O) groups is 1. The third-order valence-corrected chi connectivity index (χ3v) is 7.69. The molecule has 36 heavy (non-hydrogen) atoms. The van der Waals surface area contributed by atoms with Crippen molar-refractivity contribution in [1.82, 2.24) is 9.88 Å². The Kier molecular flexibility index (Phi) is 7.60. The number of hydrogen-bond donors (Lipinski definition) is 2. The minimum Gasteiger partial charge on any atom is -0.496 e. The van der Waals surface area contributed by atoms with E-state index >= 15 is 0 Å². The molecule has 3 atom stereocenters. The van der Waals surface area contributed by atoms with Crippen LogP contribution in [0.5, 0.6) is 5.75 Å². The molecule has 0 amide bonds. The van der Waals surface area contributed by atoms with Gasteiger partial charge in [0.2, 0.25) is 0 Å². The van der Waals surface area contributed by atoms with Crippen LogP contribution in [-0.2, 0) is 16.0 Å². The lowest BCUT2D eigenvalue weighted by Crippen LogP contribution is -2.40. The van der Waals surface area contributed by atoms with Gasteiger partial charge in [-0.15, -0.1) is 0 Å². The molecule has 3 aromatic rings. The van der Waals surface area contributed by atoms with E-state index in [0.717, 1.165) is 67.8 Å². The Balaban J connectivity index is 1.39. The Hall–Kier alpha value is -2.87. The lowest BCUT2D eigenvalue weighted by atomic mass is 9.91. The molecule has 2 aliphatic rings. The summed E-state index contributed by atoms with van der Waals surface area (Å²) >= 11 is 0. The van der Waals surface area contributed by atoms with Gasteiger partial charge in [0.15, 0.2) is 0 Å². The Morgan fingerprint density at radius 2 is 2.03 bits per heavy atom. The highest BCUT2D eigenvalue weighted by atomic mass is 16.5. The van der Waals surface area contributed by atoms with E-state index in [1.807, 2.05) is 18.3 Å². The van der Waals surface area contributed by atoms with Crippen molar-refractivity contribution in [2.24, 2.45) is 0 Å². The molecule has 192 valence electrons. The van der Waals surface area contributed by atoms with Crippen molar-refractivity contribution in [3.63, 3.8) is 0 Å². The van der Waals surface area contributed by atoms with Crippen LogP contribution in [0.25, 0.3) is 10.9 Å². The van der Waals surface area contributed by atoms with Crippen LogP contribution in [0.2, 0.25) is 0 Å². The highest BCUT2D eigenvalue weighted by molar-refractivity contribution is 5.88. The Labute approximate surface area is 212 Å². The van der Waals surface area contributed by atoms with Crippen molar-refractivity contribution in [2.45, 2.75) is 63.8 Å². The van der Waals surface area contributed by atoms with Crippen LogP contribution in [0.4, 0.5) is 0 Å². The summed E-state index contributed by atoms with van der Waals surface area (Å²) in [5, 5.41) is 10.6. The minimum absolute atomic E-state index is 0.110. The quantitative estimate of drug-likeness (QED) is 0.434. The second-order valence-corrected chi connectivity index (χ2v) is 10.0. The molecule has 2 aromatic carbocycles. The number of methoxy groups -OCH3 is 1. The molecule has 2 aliphatic heterocycles. The van der Waals surface area contributed by atoms with Crippen molar-refractivity contribution < 1.29 is 24.1 Å². The van der Waals surface area contributed by atoms with Gasteiger partial charge in [-0.3, -0.25) is 4.90 Å². The number of nitrogens with zero attached hydrogens (tertiary/aromatic N) is 1. The van der Waals surface area contributed by atoms with E-state index in [9.17, 15) is 9.90 Å². The van der Waals surface area contributed by atoms with E-state index in [0.29, 0.717) is 12.2 Å². The van der Waals surface area contributed by atoms with Crippen LogP contribution in [0.1, 0.15) is 65.2 Å². The van der Waals surface area contributed by atoms with Gasteiger partial charge in [-0.25, -0.2) is 4.79 Å². The molecule has 3 heterocycles. The first-order valence-corrected chi connectivity index (χ1v) is 13.0. The van der Waals surface area contributed by atoms with E-state index in [-0.39, 0.29) is 18.2 Å². The summed E-state index contributed by atoms with van der Waals surface area (Å²) in [5.41, 5.74) is 4.88. The molecule has 0 saturated carbocycles. The third kappa shape index (κ3) is 5.28. The average Bonchev–Trinajstić information content (AvgIpc) is 3.41. The Bertz CT molecular complexity index is 1180. The lowest BCUT2D eigenvalue weighted by molar-refractivity contribution is -0.0834. The second kappa shape index (κ2) is 11.0. The number of carboxylic acid groups (broad SMARTS) is 1. The van der Waals surface area contributed by atoms with E-state index in [2.05, 4.69) is 28.9 Å². The van der Waals surface area contributed by atoms with Crippen molar-refractivity contribution in [3.05, 3.63) is 64.8 Å². The van der Waals surface area contributed by atoms with Gasteiger partial charge in [-0.1, -0.05) is 12.1 Å². The summed E-state index contributed by atoms with van der Waals surface area (Å²) in [5.74, 6) is -0.0117. The van der Waals surface area contributed by atoms with Crippen LogP contribution >= 0.6 is 0 Å². The van der Waals surface area contributed by atoms with Gasteiger partial charge in [0.1, 0.15) is 5.75 Å². The summed E-state index contributed by atoms with van der Waals surface area (Å²) < 4.78 is 18.1. The van der Waals surface area contributed by atoms with Crippen molar-refractivity contribution in [2.75, 3.05) is 26.9 Å². The number of nitrogens with one attached hydrogen (secondary N) is 1. The van der Waals surface area contributed by atoms with Gasteiger partial charge >= 0.3 is 5.97 Å². The molecule has 1 unspecified atom stereocenters. The maximum Gasteiger partial charge on any atom is 0.335 e. The molecule has 7 nitrogen and oxygen atoms in total. The van der Waals surface area contributed by atoms with Crippen LogP contribution in [0, 0.1) is 6.92 Å². The number of aromatic carboxylic acids is 1. The van der Waals surface area contributed by atoms with Gasteiger partial charge in [0.05, 0.1) is 31.5 Å². The molecule has 7 heteroatoms. The standard InChI is InChI=1S/C29H36N2O5/c1-19-15-27(34-2)25(24-10-12-30-28(19)24)17-31-13-11-22(36-18-23-5-3-4-14-35-23)16-26(31)20-6-8-21(9-7-20)29(32)33/h6-10,12,15,22-23,26,30H,3-5,11,13-14,16-18H2,1-2H3,(H,32,33)/t22-,23?,26-/m0/s1. The molecule has 1 aromatic heterocycles. The zero-order chi connectivity index (χ0) is 25.1. The van der Waals surface area contributed by atoms with E-state index in [1.165, 1.54) is 17.4 Å². The highest BCUT2D eigenvalue weighted by Gasteiger charge is 2.32. The molecular weight excluding hydrogens is 456 g/mol. The number of aryl methyl sites for hydroxylation is 1. The van der Waals surface area contributed by atoms with Gasteiger partial charge in [0.25, 0.3) is 0 Å². The number of H-pyrrole nitrogens is 1.